The van der Waals surface area contributed by atoms with Gasteiger partial charge in [0.25, 0.3) is 0 Å². The minimum atomic E-state index is 0.123. The third-order valence-electron chi connectivity index (χ3n) is 3.36. The minimum Gasteiger partial charge on any atom is -0.325 e. The summed E-state index contributed by atoms with van der Waals surface area (Å²) >= 11 is 0. The number of rotatable bonds is 2. The SMILES string of the molecule is CC1CCN(C(=O)N(C)Cc2cn[nH]c2)CC1. The van der Waals surface area contributed by atoms with Crippen molar-refractivity contribution in [1.29, 1.82) is 0 Å². The van der Waals surface area contributed by atoms with Crippen molar-refractivity contribution in [2.45, 2.75) is 26.3 Å². The summed E-state index contributed by atoms with van der Waals surface area (Å²) in [5.74, 6) is 0.748. The number of hydrogen-bond acceptors (Lipinski definition) is 2. The van der Waals surface area contributed by atoms with Gasteiger partial charge in [0.1, 0.15) is 0 Å². The van der Waals surface area contributed by atoms with Crippen LogP contribution in [0, 0.1) is 5.92 Å². The monoisotopic (exact) mass is 236 g/mol. The molecule has 1 aromatic rings. The number of likely N-dealkylation sites (tertiary alicyclic amines) is 1. The fraction of sp³-hybridized carbons (Fsp3) is 0.667. The first-order valence-electron chi connectivity index (χ1n) is 6.14. The molecule has 2 heterocycles. The second-order valence-electron chi connectivity index (χ2n) is 4.91. The lowest BCUT2D eigenvalue weighted by Gasteiger charge is -2.33. The third-order valence-corrected chi connectivity index (χ3v) is 3.36. The van der Waals surface area contributed by atoms with E-state index in [1.807, 2.05) is 18.1 Å². The number of aromatic nitrogens is 2. The second-order valence-corrected chi connectivity index (χ2v) is 4.91. The summed E-state index contributed by atoms with van der Waals surface area (Å²) in [6, 6.07) is 0.123. The molecule has 1 fully saturated rings. The van der Waals surface area contributed by atoms with Gasteiger partial charge in [0.15, 0.2) is 0 Å². The first-order valence-corrected chi connectivity index (χ1v) is 6.14. The number of carbonyl (C=O) groups is 1. The zero-order valence-corrected chi connectivity index (χ0v) is 10.5. The maximum atomic E-state index is 12.2. The minimum absolute atomic E-state index is 0.123. The zero-order valence-electron chi connectivity index (χ0n) is 10.5. The maximum absolute atomic E-state index is 12.2. The van der Waals surface area contributed by atoms with Crippen LogP contribution in [0.15, 0.2) is 12.4 Å². The van der Waals surface area contributed by atoms with E-state index in [4.69, 9.17) is 0 Å². The van der Waals surface area contributed by atoms with Crippen molar-refractivity contribution in [1.82, 2.24) is 20.0 Å². The van der Waals surface area contributed by atoms with E-state index in [0.717, 1.165) is 37.4 Å². The van der Waals surface area contributed by atoms with E-state index in [9.17, 15) is 4.79 Å². The van der Waals surface area contributed by atoms with Gasteiger partial charge in [-0.2, -0.15) is 5.10 Å². The summed E-state index contributed by atoms with van der Waals surface area (Å²) in [5.41, 5.74) is 1.03. The summed E-state index contributed by atoms with van der Waals surface area (Å²) < 4.78 is 0. The van der Waals surface area contributed by atoms with Crippen molar-refractivity contribution in [3.63, 3.8) is 0 Å². The molecule has 1 N–H and O–H groups in total. The molecule has 0 aliphatic carbocycles. The summed E-state index contributed by atoms with van der Waals surface area (Å²) in [7, 11) is 1.84. The highest BCUT2D eigenvalue weighted by molar-refractivity contribution is 5.74. The number of aromatic amines is 1. The van der Waals surface area contributed by atoms with Crippen LogP contribution in [0.4, 0.5) is 4.79 Å². The van der Waals surface area contributed by atoms with Crippen LogP contribution in [0.1, 0.15) is 25.3 Å². The molecule has 2 amide bonds. The molecule has 0 atom stereocenters. The van der Waals surface area contributed by atoms with Crippen molar-refractivity contribution < 1.29 is 4.79 Å². The topological polar surface area (TPSA) is 52.2 Å². The van der Waals surface area contributed by atoms with Gasteiger partial charge in [0.05, 0.1) is 12.7 Å². The molecule has 0 bridgehead atoms. The smallest absolute Gasteiger partial charge is 0.320 e. The maximum Gasteiger partial charge on any atom is 0.320 e. The summed E-state index contributed by atoms with van der Waals surface area (Å²) in [6.45, 7) is 4.63. The fourth-order valence-corrected chi connectivity index (χ4v) is 2.15. The largest absolute Gasteiger partial charge is 0.325 e. The van der Waals surface area contributed by atoms with Crippen molar-refractivity contribution in [2.24, 2.45) is 5.92 Å². The predicted octanol–water partition coefficient (Wildman–Crippen LogP) is 1.69. The van der Waals surface area contributed by atoms with E-state index >= 15 is 0 Å². The Labute approximate surface area is 102 Å². The van der Waals surface area contributed by atoms with Gasteiger partial charge in [-0.25, -0.2) is 4.79 Å². The van der Waals surface area contributed by atoms with Crippen LogP contribution in [-0.4, -0.2) is 46.2 Å². The molecule has 0 radical (unpaired) electrons. The third kappa shape index (κ3) is 2.99. The first-order chi connectivity index (χ1) is 8.16. The van der Waals surface area contributed by atoms with E-state index in [1.165, 1.54) is 0 Å². The number of piperidine rings is 1. The molecule has 1 aliphatic heterocycles. The van der Waals surface area contributed by atoms with Gasteiger partial charge in [-0.1, -0.05) is 6.92 Å². The van der Waals surface area contributed by atoms with Crippen LogP contribution in [0.2, 0.25) is 0 Å². The van der Waals surface area contributed by atoms with E-state index in [1.54, 1.807) is 11.1 Å². The number of amides is 2. The molecule has 5 heteroatoms. The van der Waals surface area contributed by atoms with E-state index in [0.29, 0.717) is 6.54 Å². The Morgan fingerprint density at radius 2 is 2.29 bits per heavy atom. The van der Waals surface area contributed by atoms with Crippen LogP contribution in [-0.2, 0) is 6.54 Å². The Kier molecular flexibility index (Phi) is 3.66. The molecule has 17 heavy (non-hydrogen) atoms. The van der Waals surface area contributed by atoms with Gasteiger partial charge in [-0.05, 0) is 18.8 Å². The quantitative estimate of drug-likeness (QED) is 0.849. The van der Waals surface area contributed by atoms with Crippen molar-refractivity contribution in [2.75, 3.05) is 20.1 Å². The highest BCUT2D eigenvalue weighted by Crippen LogP contribution is 2.17. The van der Waals surface area contributed by atoms with Crippen LogP contribution in [0.25, 0.3) is 0 Å². The number of hydrogen-bond donors (Lipinski definition) is 1. The Morgan fingerprint density at radius 1 is 1.59 bits per heavy atom. The molecule has 1 aromatic heterocycles. The normalized spacial score (nSPS) is 17.2. The lowest BCUT2D eigenvalue weighted by atomic mass is 10.00. The van der Waals surface area contributed by atoms with Gasteiger partial charge < -0.3 is 9.80 Å². The molecule has 0 saturated carbocycles. The lowest BCUT2D eigenvalue weighted by Crippen LogP contribution is -2.44. The molecule has 1 aliphatic rings. The number of H-pyrrole nitrogens is 1. The number of nitrogens with one attached hydrogen (secondary N) is 1. The summed E-state index contributed by atoms with van der Waals surface area (Å²) in [4.78, 5) is 15.8. The van der Waals surface area contributed by atoms with Gasteiger partial charge in [-0.3, -0.25) is 5.10 Å². The molecule has 5 nitrogen and oxygen atoms in total. The highest BCUT2D eigenvalue weighted by atomic mass is 16.2. The Balaban J connectivity index is 1.86. The molecule has 94 valence electrons. The Bertz CT molecular complexity index is 355. The molecular formula is C12H20N4O. The van der Waals surface area contributed by atoms with Crippen molar-refractivity contribution in [3.05, 3.63) is 18.0 Å². The number of urea groups is 1. The van der Waals surface area contributed by atoms with Gasteiger partial charge in [0.2, 0.25) is 0 Å². The fourth-order valence-electron chi connectivity index (χ4n) is 2.15. The zero-order chi connectivity index (χ0) is 12.3. The molecule has 0 aromatic carbocycles. The van der Waals surface area contributed by atoms with Crippen LogP contribution in [0.5, 0.6) is 0 Å². The number of carbonyl (C=O) groups excluding carboxylic acids is 1. The van der Waals surface area contributed by atoms with Crippen molar-refractivity contribution in [3.8, 4) is 0 Å². The molecule has 2 rings (SSSR count). The van der Waals surface area contributed by atoms with Gasteiger partial charge in [0, 0.05) is 31.9 Å². The van der Waals surface area contributed by atoms with E-state index in [2.05, 4.69) is 17.1 Å². The molecule has 0 spiro atoms. The molecular weight excluding hydrogens is 216 g/mol. The van der Waals surface area contributed by atoms with Gasteiger partial charge >= 0.3 is 6.03 Å². The highest BCUT2D eigenvalue weighted by Gasteiger charge is 2.22. The second kappa shape index (κ2) is 5.21. The average Bonchev–Trinajstić information content (AvgIpc) is 2.82. The van der Waals surface area contributed by atoms with Crippen LogP contribution in [0.3, 0.4) is 0 Å². The standard InChI is InChI=1S/C12H20N4O/c1-10-3-5-16(6-4-10)12(17)15(2)9-11-7-13-14-8-11/h7-8,10H,3-6,9H2,1-2H3,(H,13,14). The Morgan fingerprint density at radius 3 is 2.88 bits per heavy atom. The van der Waals surface area contributed by atoms with Crippen LogP contribution < -0.4 is 0 Å². The summed E-state index contributed by atoms with van der Waals surface area (Å²) in [6.07, 6.45) is 5.81. The van der Waals surface area contributed by atoms with E-state index < -0.39 is 0 Å². The summed E-state index contributed by atoms with van der Waals surface area (Å²) in [5, 5.41) is 6.64. The molecule has 1 saturated heterocycles. The molecule has 0 unspecified atom stereocenters. The van der Waals surface area contributed by atoms with Gasteiger partial charge in [-0.15, -0.1) is 0 Å². The Hall–Kier alpha value is -1.52. The first kappa shape index (κ1) is 12.0. The predicted molar refractivity (Wildman–Crippen MR) is 65.4 cm³/mol. The van der Waals surface area contributed by atoms with Crippen LogP contribution >= 0.6 is 0 Å². The number of nitrogens with zero attached hydrogens (tertiary/aromatic N) is 3. The van der Waals surface area contributed by atoms with Crippen molar-refractivity contribution >= 4 is 6.03 Å². The van der Waals surface area contributed by atoms with E-state index in [-0.39, 0.29) is 6.03 Å². The average molecular weight is 236 g/mol. The lowest BCUT2D eigenvalue weighted by molar-refractivity contribution is 0.141.